The van der Waals surface area contributed by atoms with Gasteiger partial charge in [-0.1, -0.05) is 22.0 Å². The van der Waals surface area contributed by atoms with Crippen molar-refractivity contribution in [2.75, 3.05) is 18.5 Å². The molecular weight excluding hydrogens is 801 g/mol. The molecule has 0 aliphatic carbocycles. The van der Waals surface area contributed by atoms with Gasteiger partial charge in [0.15, 0.2) is 6.10 Å². The zero-order valence-corrected chi connectivity index (χ0v) is 24.3. The number of hydrogen-bond donors (Lipinski definition) is 2. The number of carbonyl (C=O) groups is 4. The molecule has 1 saturated heterocycles. The van der Waals surface area contributed by atoms with Crippen molar-refractivity contribution >= 4 is 51.8 Å². The van der Waals surface area contributed by atoms with Gasteiger partial charge < -0.3 is 39.1 Å². The van der Waals surface area contributed by atoms with Gasteiger partial charge in [-0.15, -0.1) is 0 Å². The fraction of sp³-hybridized carbons (Fsp3) is 0.522. The first kappa shape index (κ1) is 30.8. The minimum atomic E-state index is -1.18. The monoisotopic (exact) mass is 828 g/mol. The molecule has 37 heavy (non-hydrogen) atoms. The van der Waals surface area contributed by atoms with Gasteiger partial charge in [-0.2, -0.15) is 6.41 Å². The fourth-order valence-corrected chi connectivity index (χ4v) is 3.72. The van der Waals surface area contributed by atoms with Crippen LogP contribution in [-0.2, 0) is 48.3 Å². The number of hydrogen-bond acceptors (Lipinski definition) is 10. The maximum atomic E-state index is 12.3. The van der Waals surface area contributed by atoms with Crippen molar-refractivity contribution in [2.45, 2.75) is 63.5 Å². The molecule has 1 aliphatic heterocycles. The Hall–Kier alpha value is -4.19. The van der Waals surface area contributed by atoms with Crippen molar-refractivity contribution in [3.05, 3.63) is 23.8 Å². The van der Waals surface area contributed by atoms with Gasteiger partial charge in [-0.05, 0) is 24.2 Å². The molecule has 1 aliphatic rings. The molecule has 0 bridgehead atoms. The molecule has 4 atom stereocenters. The third kappa shape index (κ3) is 10.1. The van der Waals surface area contributed by atoms with Crippen LogP contribution in [0.3, 0.4) is 0 Å². The number of nitrogens with one attached hydrogen (secondary N) is 2. The molecule has 0 radical (unpaired) electrons. The van der Waals surface area contributed by atoms with Crippen LogP contribution >= 0.6 is 15.9 Å². The molecular formula is C23H28BrFmN2O10-. The van der Waals surface area contributed by atoms with Gasteiger partial charge in [-0.3, -0.25) is 19.2 Å². The standard InChI is InChI=1S/C23H28BrN2O10.Fm/c1-13(28)32-11-21-19(33-14(2)29)9-20(34-15(3)30)23(36-21)35-18-5-4-16(10-24)8-17(18)26-22(31)6-7-25-12-27;/h4-5,8,19-21,23H,6-7,9-11H2,1-3H3,(H,25,27)(H,26,31);/q-1;/t19?,20-,21+,23?;/m0./s1. The Kier molecular flexibility index (Phi) is 12.5. The fourth-order valence-electron chi connectivity index (χ4n) is 3.37. The summed E-state index contributed by atoms with van der Waals surface area (Å²) in [4.78, 5) is 57.3. The molecule has 0 saturated carbocycles. The zero-order valence-electron chi connectivity index (χ0n) is 20.3. The minimum Gasteiger partial charge on any atom is -0.529 e. The van der Waals surface area contributed by atoms with E-state index in [2.05, 4.69) is 26.6 Å². The maximum absolute atomic E-state index is 12.3. The van der Waals surface area contributed by atoms with Crippen molar-refractivity contribution in [1.29, 1.82) is 0 Å². The van der Waals surface area contributed by atoms with E-state index in [0.717, 1.165) is 5.56 Å². The van der Waals surface area contributed by atoms with Gasteiger partial charge in [-0.25, -0.2) is 0 Å². The Morgan fingerprint density at radius 3 is 2.35 bits per heavy atom. The van der Waals surface area contributed by atoms with Crippen molar-refractivity contribution in [3.8, 4) is 5.75 Å². The molecule has 1 fully saturated rings. The van der Waals surface area contributed by atoms with E-state index in [1.165, 1.54) is 27.2 Å². The number of benzene rings is 1. The van der Waals surface area contributed by atoms with E-state index < -0.39 is 48.4 Å². The number of esters is 3. The number of amides is 2. The second-order valence-corrected chi connectivity index (χ2v) is 8.35. The first-order valence-corrected chi connectivity index (χ1v) is 12.1. The molecule has 2 unspecified atom stereocenters. The smallest absolute Gasteiger partial charge is 0.303 e. The first-order valence-electron chi connectivity index (χ1n) is 11.0. The normalized spacial score (nSPS) is 20.4. The summed E-state index contributed by atoms with van der Waals surface area (Å²) >= 11 is 3.36. The average molecular weight is 829 g/mol. The molecule has 14 heteroatoms. The number of carbonyl (C=O) groups excluding carboxylic acids is 5. The van der Waals surface area contributed by atoms with Gasteiger partial charge in [0.2, 0.25) is 12.2 Å². The summed E-state index contributed by atoms with van der Waals surface area (Å²) in [5, 5.41) is 5.51. The predicted octanol–water partition coefficient (Wildman–Crippen LogP) is 1.49. The second kappa shape index (κ2) is 15.0. The van der Waals surface area contributed by atoms with E-state index in [4.69, 9.17) is 23.7 Å². The Labute approximate surface area is 216 Å². The number of ether oxygens (including phenoxy) is 5. The van der Waals surface area contributed by atoms with E-state index >= 15 is 0 Å². The Morgan fingerprint density at radius 2 is 1.76 bits per heavy atom. The topological polar surface area (TPSA) is 156 Å². The molecule has 0 spiro atoms. The van der Waals surface area contributed by atoms with E-state index in [9.17, 15) is 24.0 Å². The predicted molar refractivity (Wildman–Crippen MR) is 128 cm³/mol. The van der Waals surface area contributed by atoms with Crippen LogP contribution in [0.2, 0.25) is 0 Å². The summed E-state index contributed by atoms with van der Waals surface area (Å²) in [7, 11) is 0. The molecule has 12 nitrogen and oxygen atoms in total. The molecule has 1 aromatic rings. The van der Waals surface area contributed by atoms with Crippen LogP contribution in [0.15, 0.2) is 18.2 Å². The van der Waals surface area contributed by atoms with Crippen LogP contribution in [0.25, 0.3) is 0 Å². The summed E-state index contributed by atoms with van der Waals surface area (Å²) in [6, 6.07) is 5.05. The first-order chi connectivity index (χ1) is 17.1. The molecule has 2 rings (SSSR count). The van der Waals surface area contributed by atoms with Crippen LogP contribution in [0.5, 0.6) is 5.75 Å². The molecule has 0 aromatic heterocycles. The Morgan fingerprint density at radius 1 is 1.08 bits per heavy atom. The molecule has 2 N–H and O–H groups in total. The van der Waals surface area contributed by atoms with Crippen molar-refractivity contribution < 1.29 is 47.7 Å². The Balaban J connectivity index is 0.00000684. The van der Waals surface area contributed by atoms with Gasteiger partial charge in [0, 0.05) is 38.9 Å². The van der Waals surface area contributed by atoms with Crippen LogP contribution in [0.1, 0.15) is 39.2 Å². The molecule has 1 aromatic carbocycles. The number of halogens is 1. The van der Waals surface area contributed by atoms with E-state index in [-0.39, 0.29) is 31.7 Å². The second-order valence-electron chi connectivity index (χ2n) is 7.79. The third-order valence-electron chi connectivity index (χ3n) is 4.84. The molecule has 1 heterocycles. The summed E-state index contributed by atoms with van der Waals surface area (Å²) in [6.07, 6.45) is -2.42. The van der Waals surface area contributed by atoms with E-state index in [1.807, 2.05) is 0 Å². The molecule has 2 amide bonds. The SMILES string of the molecule is CC(=O)OC[C@H]1OC(Oc2ccc(CBr)cc2NC(=O)CCN[C-]=O)[C@@H](OC(C)=O)CC1OC(C)=O.[Fm]. The summed E-state index contributed by atoms with van der Waals surface area (Å²) in [5.74, 6) is -1.94. The number of alkyl halides is 1. The minimum absolute atomic E-state index is 0. The number of anilines is 1. The zero-order chi connectivity index (χ0) is 26.7. The Bertz CT molecular complexity index is 963. The van der Waals surface area contributed by atoms with Gasteiger partial charge >= 0.3 is 17.9 Å². The molecule has 210 valence electrons. The maximum Gasteiger partial charge on any atom is 0.303 e. The van der Waals surface area contributed by atoms with Crippen LogP contribution in [0, 0.1) is 0 Å². The van der Waals surface area contributed by atoms with E-state index in [1.54, 1.807) is 18.2 Å². The summed E-state index contributed by atoms with van der Waals surface area (Å²) < 4.78 is 27.7. The van der Waals surface area contributed by atoms with Crippen molar-refractivity contribution in [3.63, 3.8) is 0 Å². The van der Waals surface area contributed by atoms with E-state index in [0.29, 0.717) is 11.0 Å². The quantitative estimate of drug-likeness (QED) is 0.0792. The van der Waals surface area contributed by atoms with Gasteiger partial charge in [0.1, 0.15) is 24.6 Å². The number of rotatable bonds is 12. The van der Waals surface area contributed by atoms with Crippen molar-refractivity contribution in [1.82, 2.24) is 5.32 Å². The van der Waals surface area contributed by atoms with Gasteiger partial charge in [0.05, 0.1) is 5.69 Å². The average Bonchev–Trinajstić information content (AvgIpc) is 2.80. The largest absolute Gasteiger partial charge is 0.529 e. The third-order valence-corrected chi connectivity index (χ3v) is 5.49. The van der Waals surface area contributed by atoms with Crippen molar-refractivity contribution in [2.24, 2.45) is 0 Å². The summed E-state index contributed by atoms with van der Waals surface area (Å²) in [6.45, 7) is 3.52. The van der Waals surface area contributed by atoms with Crippen LogP contribution < -0.4 is 15.4 Å². The van der Waals surface area contributed by atoms with Crippen LogP contribution in [0.4, 0.5) is 5.69 Å². The van der Waals surface area contributed by atoms with Crippen LogP contribution in [-0.4, -0.2) is 68.0 Å². The van der Waals surface area contributed by atoms with Gasteiger partial charge in [0.25, 0.3) is 0 Å². The summed E-state index contributed by atoms with van der Waals surface area (Å²) in [5.41, 5.74) is 1.15.